The number of aryl methyl sites for hydroxylation is 1. The quantitative estimate of drug-likeness (QED) is 0.856. The van der Waals surface area contributed by atoms with E-state index in [0.717, 1.165) is 0 Å². The Bertz CT molecular complexity index is 595. The monoisotopic (exact) mass is 235 g/mol. The highest BCUT2D eigenvalue weighted by Gasteiger charge is 2.24. The van der Waals surface area contributed by atoms with Crippen LogP contribution in [0.15, 0.2) is 4.42 Å². The van der Waals surface area contributed by atoms with Crippen LogP contribution in [0, 0.1) is 20.8 Å². The first-order valence-electron chi connectivity index (χ1n) is 5.13. The van der Waals surface area contributed by atoms with E-state index >= 15 is 0 Å². The zero-order chi connectivity index (χ0) is 12.7. The highest BCUT2D eigenvalue weighted by atomic mass is 16.4. The van der Waals surface area contributed by atoms with Gasteiger partial charge in [0.25, 0.3) is 5.89 Å². The molecule has 0 unspecified atom stereocenters. The molecule has 0 amide bonds. The van der Waals surface area contributed by atoms with Crippen molar-refractivity contribution in [1.82, 2.24) is 14.8 Å². The maximum absolute atomic E-state index is 11.2. The summed E-state index contributed by atoms with van der Waals surface area (Å²) in [7, 11) is 1.78. The largest absolute Gasteiger partial charge is 0.478 e. The molecule has 0 saturated carbocycles. The van der Waals surface area contributed by atoms with E-state index in [1.54, 1.807) is 32.4 Å². The van der Waals surface area contributed by atoms with E-state index in [1.165, 1.54) is 0 Å². The number of aromatic carboxylic acids is 1. The summed E-state index contributed by atoms with van der Waals surface area (Å²) in [5.74, 6) is -0.147. The van der Waals surface area contributed by atoms with Crippen molar-refractivity contribution in [2.45, 2.75) is 20.8 Å². The molecular formula is C11H13N3O3. The average Bonchev–Trinajstić information content (AvgIpc) is 2.72. The lowest BCUT2D eigenvalue weighted by atomic mass is 10.1. The van der Waals surface area contributed by atoms with Crippen molar-refractivity contribution in [3.8, 4) is 11.6 Å². The number of carboxylic acids is 1. The van der Waals surface area contributed by atoms with Crippen LogP contribution in [-0.4, -0.2) is 25.8 Å². The summed E-state index contributed by atoms with van der Waals surface area (Å²) in [4.78, 5) is 11.2. The molecule has 6 nitrogen and oxygen atoms in total. The molecule has 0 radical (unpaired) electrons. The topological polar surface area (TPSA) is 81.1 Å². The Hall–Kier alpha value is -2.11. The Kier molecular flexibility index (Phi) is 2.49. The summed E-state index contributed by atoms with van der Waals surface area (Å²) in [6, 6.07) is 0. The molecule has 6 heteroatoms. The van der Waals surface area contributed by atoms with Crippen LogP contribution in [0.4, 0.5) is 0 Å². The fourth-order valence-corrected chi connectivity index (χ4v) is 1.99. The minimum absolute atomic E-state index is 0.290. The highest BCUT2D eigenvalue weighted by Crippen LogP contribution is 2.29. The molecule has 0 aliphatic heterocycles. The van der Waals surface area contributed by atoms with Crippen molar-refractivity contribution in [2.24, 2.45) is 7.05 Å². The fraction of sp³-hybridized carbons (Fsp3) is 0.364. The summed E-state index contributed by atoms with van der Waals surface area (Å²) < 4.78 is 7.10. The van der Waals surface area contributed by atoms with E-state index in [0.29, 0.717) is 34.3 Å². The van der Waals surface area contributed by atoms with E-state index < -0.39 is 5.97 Å². The Morgan fingerprint density at radius 2 is 1.94 bits per heavy atom. The van der Waals surface area contributed by atoms with Crippen LogP contribution in [0.3, 0.4) is 0 Å². The number of carboxylic acid groups (broad SMARTS) is 1. The van der Waals surface area contributed by atoms with Crippen LogP contribution in [0.2, 0.25) is 0 Å². The highest BCUT2D eigenvalue weighted by molar-refractivity contribution is 5.93. The predicted molar refractivity (Wildman–Crippen MR) is 59.9 cm³/mol. The van der Waals surface area contributed by atoms with Gasteiger partial charge in [-0.3, -0.25) is 0 Å². The molecule has 0 saturated heterocycles. The Morgan fingerprint density at radius 3 is 2.35 bits per heavy atom. The summed E-state index contributed by atoms with van der Waals surface area (Å²) in [6.07, 6.45) is 0. The maximum Gasteiger partial charge on any atom is 0.337 e. The molecule has 90 valence electrons. The molecule has 0 aliphatic rings. The van der Waals surface area contributed by atoms with Gasteiger partial charge in [0.2, 0.25) is 5.89 Å². The molecular weight excluding hydrogens is 222 g/mol. The van der Waals surface area contributed by atoms with E-state index in [1.807, 2.05) is 0 Å². The van der Waals surface area contributed by atoms with Gasteiger partial charge in [0.05, 0.1) is 5.56 Å². The van der Waals surface area contributed by atoms with Gasteiger partial charge in [-0.1, -0.05) is 0 Å². The summed E-state index contributed by atoms with van der Waals surface area (Å²) in [5.41, 5.74) is 2.25. The summed E-state index contributed by atoms with van der Waals surface area (Å²) in [5, 5.41) is 16.8. The fourth-order valence-electron chi connectivity index (χ4n) is 1.99. The molecule has 2 rings (SSSR count). The van der Waals surface area contributed by atoms with Crippen LogP contribution >= 0.6 is 0 Å². The van der Waals surface area contributed by atoms with Gasteiger partial charge in [-0.05, 0) is 19.4 Å². The molecule has 2 aromatic heterocycles. The Balaban J connectivity index is 2.71. The molecule has 2 aromatic rings. The van der Waals surface area contributed by atoms with E-state index in [4.69, 9.17) is 9.52 Å². The van der Waals surface area contributed by atoms with Gasteiger partial charge in [0.15, 0.2) is 0 Å². The first-order chi connectivity index (χ1) is 7.93. The normalized spacial score (nSPS) is 10.8. The molecule has 1 N–H and O–H groups in total. The molecule has 0 fully saturated rings. The molecule has 2 heterocycles. The smallest absolute Gasteiger partial charge is 0.337 e. The van der Waals surface area contributed by atoms with Crippen molar-refractivity contribution >= 4 is 5.97 Å². The predicted octanol–water partition coefficient (Wildman–Crippen LogP) is 1.70. The Labute approximate surface area is 97.9 Å². The minimum Gasteiger partial charge on any atom is -0.478 e. The number of nitrogens with zero attached hydrogens (tertiary/aromatic N) is 3. The second kappa shape index (κ2) is 3.73. The van der Waals surface area contributed by atoms with Crippen molar-refractivity contribution < 1.29 is 14.3 Å². The average molecular weight is 235 g/mol. The second-order valence-electron chi connectivity index (χ2n) is 3.92. The van der Waals surface area contributed by atoms with E-state index in [-0.39, 0.29) is 0 Å². The number of hydrogen-bond acceptors (Lipinski definition) is 4. The van der Waals surface area contributed by atoms with Gasteiger partial charge in [-0.15, -0.1) is 10.2 Å². The summed E-state index contributed by atoms with van der Waals surface area (Å²) in [6.45, 7) is 5.19. The van der Waals surface area contributed by atoms with Gasteiger partial charge < -0.3 is 14.1 Å². The number of aromatic nitrogens is 3. The maximum atomic E-state index is 11.2. The van der Waals surface area contributed by atoms with E-state index in [2.05, 4.69) is 10.2 Å². The first-order valence-corrected chi connectivity index (χ1v) is 5.13. The first kappa shape index (κ1) is 11.4. The second-order valence-corrected chi connectivity index (χ2v) is 3.92. The van der Waals surface area contributed by atoms with Crippen LogP contribution in [0.25, 0.3) is 11.6 Å². The van der Waals surface area contributed by atoms with Gasteiger partial charge >= 0.3 is 5.97 Å². The van der Waals surface area contributed by atoms with Crippen molar-refractivity contribution in [1.29, 1.82) is 0 Å². The van der Waals surface area contributed by atoms with Crippen LogP contribution in [-0.2, 0) is 7.05 Å². The lowest BCUT2D eigenvalue weighted by molar-refractivity contribution is 0.0695. The third-order valence-corrected chi connectivity index (χ3v) is 2.87. The van der Waals surface area contributed by atoms with Gasteiger partial charge in [-0.25, -0.2) is 4.79 Å². The van der Waals surface area contributed by atoms with Gasteiger partial charge in [0, 0.05) is 19.7 Å². The lowest BCUT2D eigenvalue weighted by Gasteiger charge is -2.00. The molecule has 17 heavy (non-hydrogen) atoms. The van der Waals surface area contributed by atoms with Gasteiger partial charge in [0.1, 0.15) is 5.69 Å². The van der Waals surface area contributed by atoms with Crippen LogP contribution in [0.1, 0.15) is 27.5 Å². The molecule has 0 aliphatic carbocycles. The zero-order valence-electron chi connectivity index (χ0n) is 10.1. The summed E-state index contributed by atoms with van der Waals surface area (Å²) >= 11 is 0. The number of carbonyl (C=O) groups is 1. The zero-order valence-corrected chi connectivity index (χ0v) is 10.1. The number of hydrogen-bond donors (Lipinski definition) is 1. The SMILES string of the molecule is Cc1nnc(-c2c(C)c(C(=O)O)c(C)n2C)o1. The van der Waals surface area contributed by atoms with Crippen molar-refractivity contribution in [3.05, 3.63) is 22.7 Å². The lowest BCUT2D eigenvalue weighted by Crippen LogP contribution is -2.00. The van der Waals surface area contributed by atoms with Gasteiger partial charge in [-0.2, -0.15) is 0 Å². The molecule has 0 bridgehead atoms. The van der Waals surface area contributed by atoms with Crippen LogP contribution < -0.4 is 0 Å². The van der Waals surface area contributed by atoms with E-state index in [9.17, 15) is 4.79 Å². The molecule has 0 spiro atoms. The molecule has 0 aromatic carbocycles. The standard InChI is InChI=1S/C11H13N3O3/c1-5-8(11(15)16)6(2)14(4)9(5)10-13-12-7(3)17-10/h1-4H3,(H,15,16). The third kappa shape index (κ3) is 1.61. The molecule has 0 atom stereocenters. The van der Waals surface area contributed by atoms with Crippen LogP contribution in [0.5, 0.6) is 0 Å². The van der Waals surface area contributed by atoms with Crippen molar-refractivity contribution in [2.75, 3.05) is 0 Å². The Morgan fingerprint density at radius 1 is 1.29 bits per heavy atom. The minimum atomic E-state index is -0.946. The van der Waals surface area contributed by atoms with Crippen molar-refractivity contribution in [3.63, 3.8) is 0 Å². The third-order valence-electron chi connectivity index (χ3n) is 2.87. The number of rotatable bonds is 2.